The van der Waals surface area contributed by atoms with E-state index >= 15 is 0 Å². The van der Waals surface area contributed by atoms with Gasteiger partial charge in [0.05, 0.1) is 18.4 Å². The van der Waals surface area contributed by atoms with Crippen molar-refractivity contribution in [3.05, 3.63) is 22.4 Å². The molecular formula is C14H19ClN4O2S. The number of carbonyl (C=O) groups is 1. The van der Waals surface area contributed by atoms with Gasteiger partial charge in [-0.1, -0.05) is 11.6 Å². The Balaban J connectivity index is 1.59. The molecular weight excluding hydrogens is 324 g/mol. The van der Waals surface area contributed by atoms with Crippen molar-refractivity contribution < 1.29 is 9.53 Å². The Kier molecular flexibility index (Phi) is 4.97. The Bertz CT molecular complexity index is 656. The molecule has 1 N–H and O–H groups in total. The second-order valence-corrected chi connectivity index (χ2v) is 6.64. The molecule has 1 atom stereocenters. The molecule has 0 saturated carbocycles. The fourth-order valence-corrected chi connectivity index (χ4v) is 3.68. The van der Waals surface area contributed by atoms with E-state index in [1.165, 1.54) is 6.92 Å². The monoisotopic (exact) mass is 342 g/mol. The topological polar surface area (TPSA) is 58.9 Å². The minimum Gasteiger partial charge on any atom is -0.375 e. The molecule has 120 valence electrons. The quantitative estimate of drug-likeness (QED) is 0.899. The molecule has 1 saturated heterocycles. The zero-order valence-corrected chi connectivity index (χ0v) is 14.0. The number of amides is 1. The van der Waals surface area contributed by atoms with Gasteiger partial charge in [-0.2, -0.15) is 0 Å². The fraction of sp³-hybridized carbons (Fsp3) is 0.571. The van der Waals surface area contributed by atoms with E-state index in [0.717, 1.165) is 36.7 Å². The SMILES string of the molecule is CC(=O)NCCC1CN(Cc2c(Cl)nc3sccn23)CCO1. The number of rotatable bonds is 5. The average molecular weight is 343 g/mol. The average Bonchev–Trinajstić information content (AvgIpc) is 3.02. The molecule has 0 aliphatic carbocycles. The number of thiazole rings is 1. The molecule has 2 aromatic rings. The molecule has 1 fully saturated rings. The summed E-state index contributed by atoms with van der Waals surface area (Å²) in [5, 5.41) is 5.40. The highest BCUT2D eigenvalue weighted by atomic mass is 35.5. The number of halogens is 1. The van der Waals surface area contributed by atoms with Crippen LogP contribution < -0.4 is 5.32 Å². The third kappa shape index (κ3) is 3.60. The van der Waals surface area contributed by atoms with Gasteiger partial charge < -0.3 is 10.1 Å². The van der Waals surface area contributed by atoms with E-state index in [4.69, 9.17) is 16.3 Å². The van der Waals surface area contributed by atoms with Crippen LogP contribution in [-0.2, 0) is 16.1 Å². The molecule has 1 aliphatic rings. The number of aromatic nitrogens is 2. The van der Waals surface area contributed by atoms with Crippen LogP contribution in [0.5, 0.6) is 0 Å². The fourth-order valence-electron chi connectivity index (χ4n) is 2.67. The van der Waals surface area contributed by atoms with Gasteiger partial charge in [0.15, 0.2) is 10.1 Å². The van der Waals surface area contributed by atoms with Crippen molar-refractivity contribution in [1.29, 1.82) is 0 Å². The van der Waals surface area contributed by atoms with E-state index in [9.17, 15) is 4.79 Å². The number of ether oxygens (including phenoxy) is 1. The normalized spacial score (nSPS) is 19.6. The van der Waals surface area contributed by atoms with Crippen LogP contribution in [-0.4, -0.2) is 52.5 Å². The number of imidazole rings is 1. The van der Waals surface area contributed by atoms with E-state index in [1.807, 2.05) is 11.6 Å². The van der Waals surface area contributed by atoms with Crippen LogP contribution in [0.15, 0.2) is 11.6 Å². The van der Waals surface area contributed by atoms with Gasteiger partial charge >= 0.3 is 0 Å². The van der Waals surface area contributed by atoms with Crippen molar-refractivity contribution in [2.45, 2.75) is 26.0 Å². The summed E-state index contributed by atoms with van der Waals surface area (Å²) < 4.78 is 7.82. The number of nitrogens with zero attached hydrogens (tertiary/aromatic N) is 3. The summed E-state index contributed by atoms with van der Waals surface area (Å²) in [4.78, 5) is 18.5. The maximum atomic E-state index is 10.9. The number of morpholine rings is 1. The first-order valence-electron chi connectivity index (χ1n) is 7.32. The van der Waals surface area contributed by atoms with Crippen LogP contribution in [0.2, 0.25) is 5.15 Å². The number of hydrogen-bond donors (Lipinski definition) is 1. The standard InChI is InChI=1S/C14H19ClN4O2S/c1-10(20)16-3-2-11-8-18(4-6-21-11)9-12-13(15)17-14-19(12)5-7-22-14/h5,7,11H,2-4,6,8-9H2,1H3,(H,16,20). The molecule has 3 heterocycles. The van der Waals surface area contributed by atoms with Gasteiger partial charge in [-0.3, -0.25) is 14.1 Å². The number of hydrogen-bond acceptors (Lipinski definition) is 5. The highest BCUT2D eigenvalue weighted by molar-refractivity contribution is 7.15. The van der Waals surface area contributed by atoms with Crippen LogP contribution in [0.25, 0.3) is 4.96 Å². The van der Waals surface area contributed by atoms with Gasteiger partial charge in [-0.05, 0) is 6.42 Å². The van der Waals surface area contributed by atoms with E-state index in [0.29, 0.717) is 18.3 Å². The maximum Gasteiger partial charge on any atom is 0.216 e. The molecule has 0 aromatic carbocycles. The predicted octanol–water partition coefficient (Wildman–Crippen LogP) is 1.78. The molecule has 8 heteroatoms. The third-order valence-electron chi connectivity index (χ3n) is 3.75. The van der Waals surface area contributed by atoms with Crippen LogP contribution in [0.1, 0.15) is 19.0 Å². The first kappa shape index (κ1) is 15.7. The number of fused-ring (bicyclic) bond motifs is 1. The van der Waals surface area contributed by atoms with Crippen molar-refractivity contribution >= 4 is 33.8 Å². The molecule has 0 spiro atoms. The smallest absolute Gasteiger partial charge is 0.216 e. The van der Waals surface area contributed by atoms with Crippen LogP contribution >= 0.6 is 22.9 Å². The van der Waals surface area contributed by atoms with Gasteiger partial charge in [-0.15, -0.1) is 11.3 Å². The van der Waals surface area contributed by atoms with Gasteiger partial charge in [0.25, 0.3) is 0 Å². The van der Waals surface area contributed by atoms with Crippen molar-refractivity contribution in [2.75, 3.05) is 26.2 Å². The first-order chi connectivity index (χ1) is 10.6. The molecule has 22 heavy (non-hydrogen) atoms. The Labute approximate surface area is 138 Å². The summed E-state index contributed by atoms with van der Waals surface area (Å²) in [7, 11) is 0. The largest absolute Gasteiger partial charge is 0.375 e. The van der Waals surface area contributed by atoms with E-state index in [1.54, 1.807) is 11.3 Å². The molecule has 1 aliphatic heterocycles. The first-order valence-corrected chi connectivity index (χ1v) is 8.57. The Hall–Kier alpha value is -1.15. The van der Waals surface area contributed by atoms with Crippen molar-refractivity contribution in [2.24, 2.45) is 0 Å². The van der Waals surface area contributed by atoms with Gasteiger partial charge in [0, 0.05) is 44.7 Å². The third-order valence-corrected chi connectivity index (χ3v) is 4.81. The van der Waals surface area contributed by atoms with Crippen LogP contribution in [0.4, 0.5) is 0 Å². The van der Waals surface area contributed by atoms with E-state index in [2.05, 4.69) is 19.6 Å². The highest BCUT2D eigenvalue weighted by Gasteiger charge is 2.22. The minimum atomic E-state index is -0.00134. The zero-order chi connectivity index (χ0) is 15.5. The van der Waals surface area contributed by atoms with Crippen LogP contribution in [0.3, 0.4) is 0 Å². The van der Waals surface area contributed by atoms with E-state index in [-0.39, 0.29) is 12.0 Å². The summed E-state index contributed by atoms with van der Waals surface area (Å²) in [6.07, 6.45) is 2.97. The van der Waals surface area contributed by atoms with Crippen LogP contribution in [0, 0.1) is 0 Å². The maximum absolute atomic E-state index is 10.9. The van der Waals surface area contributed by atoms with Gasteiger partial charge in [0.2, 0.25) is 5.91 Å². The van der Waals surface area contributed by atoms with Crippen molar-refractivity contribution in [1.82, 2.24) is 19.6 Å². The molecule has 1 unspecified atom stereocenters. The highest BCUT2D eigenvalue weighted by Crippen LogP contribution is 2.23. The summed E-state index contributed by atoms with van der Waals surface area (Å²) >= 11 is 7.84. The molecule has 1 amide bonds. The Morgan fingerprint density at radius 2 is 2.50 bits per heavy atom. The lowest BCUT2D eigenvalue weighted by Gasteiger charge is -2.32. The van der Waals surface area contributed by atoms with Gasteiger partial charge in [-0.25, -0.2) is 4.98 Å². The molecule has 0 radical (unpaired) electrons. The lowest BCUT2D eigenvalue weighted by atomic mass is 10.2. The summed E-state index contributed by atoms with van der Waals surface area (Å²) in [6.45, 7) is 5.36. The molecule has 2 aromatic heterocycles. The lowest BCUT2D eigenvalue weighted by Crippen LogP contribution is -2.43. The van der Waals surface area contributed by atoms with Crippen molar-refractivity contribution in [3.8, 4) is 0 Å². The van der Waals surface area contributed by atoms with E-state index < -0.39 is 0 Å². The molecule has 6 nitrogen and oxygen atoms in total. The van der Waals surface area contributed by atoms with Crippen molar-refractivity contribution in [3.63, 3.8) is 0 Å². The zero-order valence-electron chi connectivity index (χ0n) is 12.4. The second-order valence-electron chi connectivity index (χ2n) is 5.40. The molecule has 0 bridgehead atoms. The number of carbonyl (C=O) groups excluding carboxylic acids is 1. The summed E-state index contributed by atoms with van der Waals surface area (Å²) in [6, 6.07) is 0. The summed E-state index contributed by atoms with van der Waals surface area (Å²) in [5.74, 6) is -0.00134. The predicted molar refractivity (Wildman–Crippen MR) is 86.4 cm³/mol. The lowest BCUT2D eigenvalue weighted by molar-refractivity contribution is -0.119. The Morgan fingerprint density at radius 1 is 1.64 bits per heavy atom. The van der Waals surface area contributed by atoms with Gasteiger partial charge in [0.1, 0.15) is 0 Å². The number of nitrogens with one attached hydrogen (secondary N) is 1. The Morgan fingerprint density at radius 3 is 3.32 bits per heavy atom. The summed E-state index contributed by atoms with van der Waals surface area (Å²) in [5.41, 5.74) is 1.03. The second kappa shape index (κ2) is 6.95. The molecule has 3 rings (SSSR count). The minimum absolute atomic E-state index is 0.00134.